The zero-order valence-corrected chi connectivity index (χ0v) is 9.16. The van der Waals surface area contributed by atoms with Gasteiger partial charge < -0.3 is 20.3 Å². The average molecular weight is 227 g/mol. The normalized spacial score (nSPS) is 10.8. The number of halogens is 1. The van der Waals surface area contributed by atoms with Crippen molar-refractivity contribution in [2.45, 2.75) is 0 Å². The molecule has 1 aromatic carbocycles. The molecule has 88 valence electrons. The second kappa shape index (κ2) is 5.37. The Hall–Kier alpha value is -1.75. The van der Waals surface area contributed by atoms with Crippen molar-refractivity contribution in [1.82, 2.24) is 0 Å². The lowest BCUT2D eigenvalue weighted by atomic mass is 10.1. The zero-order valence-electron chi connectivity index (χ0n) is 9.16. The third-order valence-corrected chi connectivity index (χ3v) is 2.04. The van der Waals surface area contributed by atoms with Crippen molar-refractivity contribution in [2.24, 2.45) is 5.73 Å². The van der Waals surface area contributed by atoms with E-state index in [2.05, 4.69) is 0 Å². The Balaban J connectivity index is 3.40. The summed E-state index contributed by atoms with van der Waals surface area (Å²) < 4.78 is 23.6. The van der Waals surface area contributed by atoms with E-state index < -0.39 is 11.6 Å². The second-order valence-electron chi connectivity index (χ2n) is 3.00. The van der Waals surface area contributed by atoms with Gasteiger partial charge in [-0.05, 0) is 0 Å². The Morgan fingerprint density at radius 3 is 2.62 bits per heavy atom. The van der Waals surface area contributed by atoms with Crippen molar-refractivity contribution in [2.75, 3.05) is 20.8 Å². The van der Waals surface area contributed by atoms with Crippen LogP contribution >= 0.6 is 0 Å². The van der Waals surface area contributed by atoms with Crippen LogP contribution in [0.2, 0.25) is 0 Å². The zero-order chi connectivity index (χ0) is 12.1. The minimum atomic E-state index is -0.762. The highest BCUT2D eigenvalue weighted by atomic mass is 19.1. The Morgan fingerprint density at radius 1 is 1.44 bits per heavy atom. The summed E-state index contributed by atoms with van der Waals surface area (Å²) >= 11 is 0. The molecule has 0 heterocycles. The van der Waals surface area contributed by atoms with E-state index in [1.54, 1.807) is 6.08 Å². The van der Waals surface area contributed by atoms with Crippen LogP contribution in [-0.2, 0) is 0 Å². The number of hydrogen-bond acceptors (Lipinski definition) is 4. The summed E-state index contributed by atoms with van der Waals surface area (Å²) in [7, 11) is 2.81. The monoisotopic (exact) mass is 227 g/mol. The highest BCUT2D eigenvalue weighted by Crippen LogP contribution is 2.38. The molecule has 0 aliphatic heterocycles. The minimum Gasteiger partial charge on any atom is -0.505 e. The van der Waals surface area contributed by atoms with Gasteiger partial charge in [-0.3, -0.25) is 0 Å². The fourth-order valence-corrected chi connectivity index (χ4v) is 1.32. The lowest BCUT2D eigenvalue weighted by Gasteiger charge is -2.12. The van der Waals surface area contributed by atoms with Crippen LogP contribution in [0.4, 0.5) is 4.39 Å². The molecule has 0 fully saturated rings. The molecule has 0 spiro atoms. The van der Waals surface area contributed by atoms with E-state index in [-0.39, 0.29) is 23.6 Å². The highest BCUT2D eigenvalue weighted by molar-refractivity contribution is 5.65. The molecule has 0 aliphatic carbocycles. The number of aromatic hydroxyl groups is 1. The fraction of sp³-hybridized carbons (Fsp3) is 0.273. The molecule has 0 atom stereocenters. The summed E-state index contributed by atoms with van der Waals surface area (Å²) in [6.45, 7) is 0.264. The molecule has 0 bridgehead atoms. The molecule has 0 saturated carbocycles. The van der Waals surface area contributed by atoms with Crippen LogP contribution in [0.25, 0.3) is 6.08 Å². The van der Waals surface area contributed by atoms with Crippen LogP contribution in [0, 0.1) is 5.82 Å². The molecule has 0 radical (unpaired) electrons. The van der Waals surface area contributed by atoms with E-state index in [1.165, 1.54) is 20.3 Å². The lowest BCUT2D eigenvalue weighted by Crippen LogP contribution is -1.97. The maximum absolute atomic E-state index is 13.6. The van der Waals surface area contributed by atoms with E-state index in [4.69, 9.17) is 15.2 Å². The Bertz CT molecular complexity index is 405. The molecular weight excluding hydrogens is 213 g/mol. The minimum absolute atomic E-state index is 0.116. The standard InChI is InChI=1S/C11H14FNO3/c1-15-9-6-8(14)10(12)7(4-3-5-13)11(9)16-2/h3-4,6,14H,5,13H2,1-2H3/b4-3+. The van der Waals surface area contributed by atoms with Crippen molar-refractivity contribution in [3.8, 4) is 17.2 Å². The van der Waals surface area contributed by atoms with Crippen LogP contribution in [0.1, 0.15) is 5.56 Å². The quantitative estimate of drug-likeness (QED) is 0.818. The molecule has 3 N–H and O–H groups in total. The number of phenolic OH excluding ortho intramolecular Hbond substituents is 1. The molecule has 4 nitrogen and oxygen atoms in total. The summed E-state index contributed by atoms with van der Waals surface area (Å²) in [5.74, 6) is -0.766. The molecule has 0 unspecified atom stereocenters. The van der Waals surface area contributed by atoms with Gasteiger partial charge in [0.05, 0.1) is 19.8 Å². The Kier molecular flexibility index (Phi) is 4.13. The summed E-state index contributed by atoms with van der Waals surface area (Å²) in [6.07, 6.45) is 3.00. The summed E-state index contributed by atoms with van der Waals surface area (Å²) in [4.78, 5) is 0. The number of benzene rings is 1. The second-order valence-corrected chi connectivity index (χ2v) is 3.00. The fourth-order valence-electron chi connectivity index (χ4n) is 1.32. The number of rotatable bonds is 4. The van der Waals surface area contributed by atoms with Gasteiger partial charge in [-0.15, -0.1) is 0 Å². The molecule has 5 heteroatoms. The van der Waals surface area contributed by atoms with Gasteiger partial charge in [-0.2, -0.15) is 0 Å². The maximum atomic E-state index is 13.6. The molecule has 1 aromatic rings. The summed E-state index contributed by atoms with van der Waals surface area (Å²) in [6, 6.07) is 1.16. The van der Waals surface area contributed by atoms with Crippen LogP contribution in [-0.4, -0.2) is 25.9 Å². The van der Waals surface area contributed by atoms with Crippen LogP contribution in [0.15, 0.2) is 12.1 Å². The summed E-state index contributed by atoms with van der Waals surface area (Å²) in [5.41, 5.74) is 5.40. The van der Waals surface area contributed by atoms with Gasteiger partial charge in [0, 0.05) is 12.6 Å². The first-order chi connectivity index (χ1) is 7.65. The van der Waals surface area contributed by atoms with E-state index >= 15 is 0 Å². The Labute approximate surface area is 93.1 Å². The van der Waals surface area contributed by atoms with Crippen molar-refractivity contribution in [3.63, 3.8) is 0 Å². The largest absolute Gasteiger partial charge is 0.505 e. The molecule has 0 aliphatic rings. The van der Waals surface area contributed by atoms with Gasteiger partial charge in [-0.25, -0.2) is 4.39 Å². The molecule has 0 amide bonds. The molecule has 1 rings (SSSR count). The predicted molar refractivity (Wildman–Crippen MR) is 59.3 cm³/mol. The van der Waals surface area contributed by atoms with Crippen molar-refractivity contribution < 1.29 is 19.0 Å². The van der Waals surface area contributed by atoms with Crippen LogP contribution in [0.3, 0.4) is 0 Å². The molecule has 0 aromatic heterocycles. The maximum Gasteiger partial charge on any atom is 0.176 e. The number of hydrogen-bond donors (Lipinski definition) is 2. The number of ether oxygens (including phenoxy) is 2. The first kappa shape index (κ1) is 12.3. The molecular formula is C11H14FNO3. The molecule has 0 saturated heterocycles. The summed E-state index contributed by atoms with van der Waals surface area (Å²) in [5, 5.41) is 9.36. The van der Waals surface area contributed by atoms with Crippen molar-refractivity contribution in [1.29, 1.82) is 0 Å². The van der Waals surface area contributed by atoms with Gasteiger partial charge in [0.1, 0.15) is 0 Å². The van der Waals surface area contributed by atoms with Gasteiger partial charge in [0.15, 0.2) is 23.1 Å². The lowest BCUT2D eigenvalue weighted by molar-refractivity contribution is 0.344. The SMILES string of the molecule is COc1cc(O)c(F)c(/C=C/CN)c1OC. The average Bonchev–Trinajstić information content (AvgIpc) is 2.30. The smallest absolute Gasteiger partial charge is 0.176 e. The first-order valence-corrected chi connectivity index (χ1v) is 4.65. The third-order valence-electron chi connectivity index (χ3n) is 2.04. The molecule has 16 heavy (non-hydrogen) atoms. The first-order valence-electron chi connectivity index (χ1n) is 4.65. The number of phenols is 1. The van der Waals surface area contributed by atoms with Crippen molar-refractivity contribution in [3.05, 3.63) is 23.5 Å². The number of nitrogens with two attached hydrogens (primary N) is 1. The van der Waals surface area contributed by atoms with E-state index in [0.29, 0.717) is 0 Å². The Morgan fingerprint density at radius 2 is 2.12 bits per heavy atom. The van der Waals surface area contributed by atoms with Gasteiger partial charge in [-0.1, -0.05) is 12.2 Å². The third kappa shape index (κ3) is 2.25. The van der Waals surface area contributed by atoms with E-state index in [0.717, 1.165) is 6.07 Å². The predicted octanol–water partition coefficient (Wildman–Crippen LogP) is 1.52. The van der Waals surface area contributed by atoms with Gasteiger partial charge >= 0.3 is 0 Å². The van der Waals surface area contributed by atoms with Crippen molar-refractivity contribution >= 4 is 6.08 Å². The van der Waals surface area contributed by atoms with Gasteiger partial charge in [0.25, 0.3) is 0 Å². The topological polar surface area (TPSA) is 64.7 Å². The van der Waals surface area contributed by atoms with Crippen LogP contribution < -0.4 is 15.2 Å². The van der Waals surface area contributed by atoms with E-state index in [9.17, 15) is 9.50 Å². The van der Waals surface area contributed by atoms with Gasteiger partial charge in [0.2, 0.25) is 0 Å². The van der Waals surface area contributed by atoms with Crippen LogP contribution in [0.5, 0.6) is 17.2 Å². The van der Waals surface area contributed by atoms with E-state index in [1.807, 2.05) is 0 Å². The number of methoxy groups -OCH3 is 2. The highest BCUT2D eigenvalue weighted by Gasteiger charge is 2.17.